The van der Waals surface area contributed by atoms with Crippen molar-refractivity contribution in [2.75, 3.05) is 0 Å². The second-order valence-electron chi connectivity index (χ2n) is 9.06. The molecule has 0 bridgehead atoms. The van der Waals surface area contributed by atoms with Gasteiger partial charge in [-0.2, -0.15) is 0 Å². The van der Waals surface area contributed by atoms with Gasteiger partial charge in [0, 0.05) is 11.5 Å². The number of rotatable bonds is 4. The summed E-state index contributed by atoms with van der Waals surface area (Å²) in [6, 6.07) is 4.02. The summed E-state index contributed by atoms with van der Waals surface area (Å²) in [7, 11) is 0. The van der Waals surface area contributed by atoms with Crippen molar-refractivity contribution >= 4 is 0 Å². The van der Waals surface area contributed by atoms with E-state index in [0.717, 1.165) is 36.1 Å². The first-order chi connectivity index (χ1) is 11.2. The number of fused-ring (bicyclic) bond motifs is 3. The summed E-state index contributed by atoms with van der Waals surface area (Å²) >= 11 is 0. The van der Waals surface area contributed by atoms with Crippen LogP contribution in [0.15, 0.2) is 12.1 Å². The first-order valence-electron chi connectivity index (χ1n) is 9.39. The summed E-state index contributed by atoms with van der Waals surface area (Å²) in [6.07, 6.45) is 4.59. The van der Waals surface area contributed by atoms with Crippen LogP contribution < -0.4 is 4.74 Å². The molecule has 3 unspecified atom stereocenters. The smallest absolute Gasteiger partial charge is 0.132 e. The lowest BCUT2D eigenvalue weighted by Gasteiger charge is -2.41. The third-order valence-electron chi connectivity index (χ3n) is 6.30. The van der Waals surface area contributed by atoms with E-state index >= 15 is 0 Å². The molecule has 0 amide bonds. The number of phenols is 1. The molecule has 0 radical (unpaired) electrons. The van der Waals surface area contributed by atoms with Gasteiger partial charge < -0.3 is 14.9 Å². The van der Waals surface area contributed by atoms with Crippen LogP contribution in [0.3, 0.4) is 0 Å². The van der Waals surface area contributed by atoms with E-state index in [0.29, 0.717) is 5.75 Å². The Bertz CT molecular complexity index is 618. The maximum Gasteiger partial charge on any atom is 0.132 e. The highest BCUT2D eigenvalue weighted by molar-refractivity contribution is 5.54. The van der Waals surface area contributed by atoms with E-state index in [1.54, 1.807) is 0 Å². The van der Waals surface area contributed by atoms with Crippen molar-refractivity contribution in [1.29, 1.82) is 0 Å². The minimum absolute atomic E-state index is 0.0114. The molecule has 1 aromatic carbocycles. The molecule has 2 N–H and O–H groups in total. The minimum atomic E-state index is -0.500. The Morgan fingerprint density at radius 3 is 2.67 bits per heavy atom. The lowest BCUT2D eigenvalue weighted by Crippen LogP contribution is -2.47. The van der Waals surface area contributed by atoms with Crippen LogP contribution in [0.5, 0.6) is 11.5 Å². The van der Waals surface area contributed by atoms with Gasteiger partial charge in [-0.15, -0.1) is 0 Å². The van der Waals surface area contributed by atoms with Crippen LogP contribution in [0.2, 0.25) is 0 Å². The van der Waals surface area contributed by atoms with Gasteiger partial charge in [-0.25, -0.2) is 0 Å². The number of unbranched alkanes of at least 4 members (excludes halogenated alkanes) is 1. The van der Waals surface area contributed by atoms with E-state index < -0.39 is 6.10 Å². The van der Waals surface area contributed by atoms with E-state index in [-0.39, 0.29) is 22.9 Å². The molecule has 0 saturated heterocycles. The number of aromatic hydroxyl groups is 1. The highest BCUT2D eigenvalue weighted by atomic mass is 16.5. The Kier molecular flexibility index (Phi) is 4.36. The Morgan fingerprint density at radius 1 is 1.29 bits per heavy atom. The van der Waals surface area contributed by atoms with Crippen LogP contribution in [-0.2, 0) is 5.41 Å². The molecule has 1 heterocycles. The molecular weight excluding hydrogens is 300 g/mol. The van der Waals surface area contributed by atoms with Gasteiger partial charge in [0.2, 0.25) is 0 Å². The van der Waals surface area contributed by atoms with Crippen LogP contribution in [0.25, 0.3) is 0 Å². The van der Waals surface area contributed by atoms with Gasteiger partial charge in [-0.1, -0.05) is 47.5 Å². The number of phenolic OH excluding ortho intramolecular Hbond substituents is 1. The molecule has 1 saturated carbocycles. The molecular formula is C21H32O3. The summed E-state index contributed by atoms with van der Waals surface area (Å²) < 4.78 is 6.17. The second-order valence-corrected chi connectivity index (χ2v) is 9.06. The van der Waals surface area contributed by atoms with Gasteiger partial charge in [0.15, 0.2) is 0 Å². The van der Waals surface area contributed by atoms with Crippen LogP contribution in [0, 0.1) is 5.41 Å². The van der Waals surface area contributed by atoms with Crippen molar-refractivity contribution in [2.45, 2.75) is 90.3 Å². The molecule has 1 aliphatic carbocycles. The molecule has 1 aliphatic heterocycles. The monoisotopic (exact) mass is 332 g/mol. The van der Waals surface area contributed by atoms with Crippen LogP contribution in [-0.4, -0.2) is 22.4 Å². The fourth-order valence-corrected chi connectivity index (χ4v) is 4.34. The van der Waals surface area contributed by atoms with E-state index in [4.69, 9.17) is 4.74 Å². The fourth-order valence-electron chi connectivity index (χ4n) is 4.34. The first-order valence-corrected chi connectivity index (χ1v) is 9.39. The van der Waals surface area contributed by atoms with Gasteiger partial charge in [-0.05, 0) is 47.8 Å². The van der Waals surface area contributed by atoms with Crippen LogP contribution >= 0.6 is 0 Å². The predicted molar refractivity (Wildman–Crippen MR) is 96.8 cm³/mol. The lowest BCUT2D eigenvalue weighted by molar-refractivity contribution is -0.0685. The zero-order chi connectivity index (χ0) is 17.7. The van der Waals surface area contributed by atoms with E-state index in [2.05, 4.69) is 40.7 Å². The summed E-state index contributed by atoms with van der Waals surface area (Å²) in [5, 5.41) is 21.4. The lowest BCUT2D eigenvalue weighted by atomic mass is 9.68. The van der Waals surface area contributed by atoms with Gasteiger partial charge in [0.05, 0.1) is 6.10 Å². The molecule has 0 spiro atoms. The van der Waals surface area contributed by atoms with Crippen LogP contribution in [0.4, 0.5) is 0 Å². The Morgan fingerprint density at radius 2 is 2.00 bits per heavy atom. The van der Waals surface area contributed by atoms with E-state index in [9.17, 15) is 10.2 Å². The number of aliphatic hydroxyl groups is 1. The third kappa shape index (κ3) is 2.81. The van der Waals surface area contributed by atoms with Gasteiger partial charge >= 0.3 is 0 Å². The first kappa shape index (κ1) is 17.6. The van der Waals surface area contributed by atoms with Crippen molar-refractivity contribution in [3.8, 4) is 11.5 Å². The molecule has 0 aromatic heterocycles. The molecule has 3 atom stereocenters. The SMILES string of the molecule is CCCCC(C)(C)c1cc(O)c2c(c1)OC1C2CCC(C)(C)C1O. The van der Waals surface area contributed by atoms with E-state index in [1.807, 2.05) is 6.07 Å². The normalized spacial score (nSPS) is 28.2. The van der Waals surface area contributed by atoms with Gasteiger partial charge in [-0.3, -0.25) is 0 Å². The molecule has 3 heteroatoms. The average molecular weight is 332 g/mol. The Hall–Kier alpha value is -1.22. The molecule has 2 aliphatic rings. The zero-order valence-corrected chi connectivity index (χ0v) is 15.7. The summed E-state index contributed by atoms with van der Waals surface area (Å²) in [5.41, 5.74) is 1.91. The highest BCUT2D eigenvalue weighted by Gasteiger charge is 2.50. The number of benzene rings is 1. The molecule has 134 valence electrons. The Balaban J connectivity index is 1.94. The highest BCUT2D eigenvalue weighted by Crippen LogP contribution is 2.54. The van der Waals surface area contributed by atoms with Crippen LogP contribution in [0.1, 0.15) is 83.8 Å². The average Bonchev–Trinajstić information content (AvgIpc) is 2.89. The number of hydrogen-bond donors (Lipinski definition) is 2. The molecule has 3 rings (SSSR count). The largest absolute Gasteiger partial charge is 0.508 e. The fraction of sp³-hybridized carbons (Fsp3) is 0.714. The molecule has 1 aromatic rings. The maximum absolute atomic E-state index is 10.7. The third-order valence-corrected chi connectivity index (χ3v) is 6.30. The number of ether oxygens (including phenoxy) is 1. The number of aliphatic hydroxyl groups excluding tert-OH is 1. The number of hydrogen-bond acceptors (Lipinski definition) is 3. The molecule has 24 heavy (non-hydrogen) atoms. The van der Waals surface area contributed by atoms with Crippen molar-refractivity contribution in [3.05, 3.63) is 23.3 Å². The van der Waals surface area contributed by atoms with Gasteiger partial charge in [0.25, 0.3) is 0 Å². The molecule has 3 nitrogen and oxygen atoms in total. The zero-order valence-electron chi connectivity index (χ0n) is 15.7. The maximum atomic E-state index is 10.7. The summed E-state index contributed by atoms with van der Waals surface area (Å²) in [6.45, 7) is 10.8. The van der Waals surface area contributed by atoms with Crippen molar-refractivity contribution in [1.82, 2.24) is 0 Å². The van der Waals surface area contributed by atoms with Crippen molar-refractivity contribution in [2.24, 2.45) is 5.41 Å². The predicted octanol–water partition coefficient (Wildman–Crippen LogP) is 4.89. The van der Waals surface area contributed by atoms with Gasteiger partial charge in [0.1, 0.15) is 17.6 Å². The molecule has 1 fully saturated rings. The standard InChI is InChI=1S/C21H32O3/c1-6-7-9-20(2,3)13-11-15(22)17-14-8-10-21(4,5)19(23)18(14)24-16(17)12-13/h11-12,14,18-19,22-23H,6-10H2,1-5H3. The minimum Gasteiger partial charge on any atom is -0.508 e. The van der Waals surface area contributed by atoms with Crippen molar-refractivity contribution < 1.29 is 14.9 Å². The summed E-state index contributed by atoms with van der Waals surface area (Å²) in [5.74, 6) is 1.23. The Labute approximate surface area is 146 Å². The second kappa shape index (κ2) is 5.94. The quantitative estimate of drug-likeness (QED) is 0.825. The summed E-state index contributed by atoms with van der Waals surface area (Å²) in [4.78, 5) is 0. The van der Waals surface area contributed by atoms with E-state index in [1.165, 1.54) is 12.8 Å². The topological polar surface area (TPSA) is 49.7 Å². The van der Waals surface area contributed by atoms with Crippen molar-refractivity contribution in [3.63, 3.8) is 0 Å².